The molecule has 3 fully saturated rings. The van der Waals surface area contributed by atoms with Crippen molar-refractivity contribution < 1.29 is 19.2 Å². The van der Waals surface area contributed by atoms with E-state index in [2.05, 4.69) is 36.0 Å². The van der Waals surface area contributed by atoms with Crippen LogP contribution in [0.2, 0.25) is 0 Å². The Balaban J connectivity index is 1.42. The van der Waals surface area contributed by atoms with Crippen molar-refractivity contribution in [2.75, 3.05) is 6.54 Å². The molecule has 0 bridgehead atoms. The fourth-order valence-electron chi connectivity index (χ4n) is 7.32. The van der Waals surface area contributed by atoms with E-state index in [1.165, 1.54) is 6.08 Å². The zero-order valence-corrected chi connectivity index (χ0v) is 25.0. The second-order valence-corrected chi connectivity index (χ2v) is 13.9. The number of aromatic nitrogens is 1. The van der Waals surface area contributed by atoms with Crippen LogP contribution >= 0.6 is 0 Å². The Morgan fingerprint density at radius 1 is 1.07 bits per heavy atom. The van der Waals surface area contributed by atoms with E-state index in [1.807, 2.05) is 45.0 Å². The molecule has 2 aromatic rings. The highest BCUT2D eigenvalue weighted by atomic mass is 16.2. The van der Waals surface area contributed by atoms with Crippen molar-refractivity contribution in [1.29, 1.82) is 0 Å². The van der Waals surface area contributed by atoms with Gasteiger partial charge in [0.1, 0.15) is 17.8 Å². The number of H-pyrrole nitrogens is 1. The molecule has 1 aromatic heterocycles. The lowest BCUT2D eigenvalue weighted by atomic mass is 9.82. The first-order valence-electron chi connectivity index (χ1n) is 15.0. The number of carbonyl (C=O) groups is 4. The quantitative estimate of drug-likeness (QED) is 0.409. The van der Waals surface area contributed by atoms with Crippen molar-refractivity contribution in [2.45, 2.75) is 84.8 Å². The zero-order valence-electron chi connectivity index (χ0n) is 25.0. The number of hydrogen-bond donors (Lipinski definition) is 3. The van der Waals surface area contributed by atoms with Crippen molar-refractivity contribution in [3.63, 3.8) is 0 Å². The normalized spacial score (nSPS) is 25.2. The van der Waals surface area contributed by atoms with Gasteiger partial charge in [0.15, 0.2) is 5.78 Å². The molecule has 0 radical (unpaired) electrons. The van der Waals surface area contributed by atoms with Gasteiger partial charge in [0, 0.05) is 17.4 Å². The summed E-state index contributed by atoms with van der Waals surface area (Å²) in [5, 5.41) is 7.00. The minimum atomic E-state index is -0.749. The molecule has 0 spiro atoms. The minimum Gasteiger partial charge on any atom is -0.351 e. The number of para-hydroxylation sites is 1. The molecule has 220 valence electrons. The lowest BCUT2D eigenvalue weighted by Gasteiger charge is -2.38. The average Bonchev–Trinajstić information content (AvgIpc) is 3.32. The summed E-state index contributed by atoms with van der Waals surface area (Å²) in [5.41, 5.74) is 0.673. The molecule has 8 heteroatoms. The van der Waals surface area contributed by atoms with Crippen molar-refractivity contribution in [1.82, 2.24) is 20.5 Å². The van der Waals surface area contributed by atoms with Gasteiger partial charge in [-0.1, -0.05) is 78.7 Å². The molecule has 1 saturated heterocycles. The van der Waals surface area contributed by atoms with Crippen LogP contribution in [-0.4, -0.2) is 58.1 Å². The van der Waals surface area contributed by atoms with Crippen LogP contribution in [0.15, 0.2) is 43.0 Å². The van der Waals surface area contributed by atoms with Gasteiger partial charge in [-0.25, -0.2) is 0 Å². The van der Waals surface area contributed by atoms with Crippen LogP contribution in [0.3, 0.4) is 0 Å². The summed E-state index contributed by atoms with van der Waals surface area (Å²) in [7, 11) is 0. The molecule has 3 N–H and O–H groups in total. The van der Waals surface area contributed by atoms with E-state index >= 15 is 0 Å². The van der Waals surface area contributed by atoms with Gasteiger partial charge in [0.05, 0.1) is 6.04 Å². The number of amides is 3. The number of carbonyl (C=O) groups excluding carboxylic acids is 4. The number of aromatic amines is 1. The zero-order chi connectivity index (χ0) is 29.7. The second kappa shape index (κ2) is 10.8. The molecule has 5 rings (SSSR count). The summed E-state index contributed by atoms with van der Waals surface area (Å²) in [6.45, 7) is 14.1. The molecule has 41 heavy (non-hydrogen) atoms. The molecule has 2 saturated carbocycles. The van der Waals surface area contributed by atoms with E-state index in [9.17, 15) is 19.2 Å². The number of rotatable bonds is 8. The van der Waals surface area contributed by atoms with Gasteiger partial charge in [0.25, 0.3) is 5.91 Å². The lowest BCUT2D eigenvalue weighted by Crippen LogP contribution is -2.60. The predicted octanol–water partition coefficient (Wildman–Crippen LogP) is 4.62. The maximum Gasteiger partial charge on any atom is 0.268 e. The Morgan fingerprint density at radius 3 is 2.39 bits per heavy atom. The Labute approximate surface area is 242 Å². The maximum absolute atomic E-state index is 14.4. The number of nitrogens with zero attached hydrogens (tertiary/aromatic N) is 1. The van der Waals surface area contributed by atoms with Crippen LogP contribution in [-0.2, 0) is 14.4 Å². The Bertz CT molecular complexity index is 1330. The lowest BCUT2D eigenvalue weighted by molar-refractivity contribution is -0.144. The van der Waals surface area contributed by atoms with E-state index in [-0.39, 0.29) is 46.7 Å². The maximum atomic E-state index is 14.4. The molecule has 1 aromatic carbocycles. The van der Waals surface area contributed by atoms with Gasteiger partial charge in [-0.3, -0.25) is 19.2 Å². The number of likely N-dealkylation sites (tertiary alicyclic amines) is 1. The fourth-order valence-corrected chi connectivity index (χ4v) is 7.32. The molecular formula is C33H44N4O4. The van der Waals surface area contributed by atoms with Gasteiger partial charge < -0.3 is 20.5 Å². The summed E-state index contributed by atoms with van der Waals surface area (Å²) in [6, 6.07) is 7.33. The molecule has 5 atom stereocenters. The third-order valence-corrected chi connectivity index (χ3v) is 9.85. The van der Waals surface area contributed by atoms with Gasteiger partial charge in [-0.05, 0) is 59.6 Å². The Morgan fingerprint density at radius 2 is 1.76 bits per heavy atom. The number of nitrogens with one attached hydrogen (secondary N) is 3. The number of fused-ring (bicyclic) bond motifs is 2. The van der Waals surface area contributed by atoms with Crippen LogP contribution in [0.4, 0.5) is 0 Å². The number of benzene rings is 1. The summed E-state index contributed by atoms with van der Waals surface area (Å²) in [5.74, 6) is -0.881. The highest BCUT2D eigenvalue weighted by molar-refractivity contribution is 6.02. The van der Waals surface area contributed by atoms with E-state index in [0.29, 0.717) is 12.2 Å². The monoisotopic (exact) mass is 560 g/mol. The van der Waals surface area contributed by atoms with Gasteiger partial charge in [-0.2, -0.15) is 0 Å². The third kappa shape index (κ3) is 5.45. The minimum absolute atomic E-state index is 0.00214. The molecule has 2 aliphatic carbocycles. The number of piperidine rings is 1. The van der Waals surface area contributed by atoms with E-state index in [1.54, 1.807) is 11.0 Å². The fraction of sp³-hybridized carbons (Fsp3) is 0.576. The van der Waals surface area contributed by atoms with Crippen LogP contribution < -0.4 is 10.6 Å². The summed E-state index contributed by atoms with van der Waals surface area (Å²) in [6.07, 6.45) is 6.09. The first kappa shape index (κ1) is 29.1. The Kier molecular flexibility index (Phi) is 7.64. The Hall–Kier alpha value is -3.42. The first-order chi connectivity index (χ1) is 19.3. The second-order valence-electron chi connectivity index (χ2n) is 13.9. The van der Waals surface area contributed by atoms with Crippen LogP contribution in [0.25, 0.3) is 10.9 Å². The van der Waals surface area contributed by atoms with E-state index in [4.69, 9.17) is 0 Å². The largest absolute Gasteiger partial charge is 0.351 e. The predicted molar refractivity (Wildman–Crippen MR) is 159 cm³/mol. The van der Waals surface area contributed by atoms with Crippen molar-refractivity contribution in [3.05, 3.63) is 48.7 Å². The van der Waals surface area contributed by atoms with Gasteiger partial charge in [0.2, 0.25) is 11.8 Å². The van der Waals surface area contributed by atoms with Gasteiger partial charge in [-0.15, -0.1) is 0 Å². The summed E-state index contributed by atoms with van der Waals surface area (Å²) >= 11 is 0. The van der Waals surface area contributed by atoms with Crippen molar-refractivity contribution in [2.24, 2.45) is 28.6 Å². The number of ketones is 1. The highest BCUT2D eigenvalue weighted by Gasteiger charge is 2.69. The van der Waals surface area contributed by atoms with Crippen LogP contribution in [0, 0.1) is 28.6 Å². The van der Waals surface area contributed by atoms with Crippen LogP contribution in [0.5, 0.6) is 0 Å². The molecular weight excluding hydrogens is 516 g/mol. The smallest absolute Gasteiger partial charge is 0.268 e. The standard InChI is InChI=1S/C33H44N4O4/c1-7-24(38)28(32(2,3)4)36-30(40)27-25-21(33(25,5)6)18-37(27)31(41)26(19-13-9-8-10-14-19)35-29(39)23-17-20-15-11-12-16-22(20)34-23/h7,11-12,15-17,19,21,25-28,34H,1,8-10,13-14,18H2,2-6H3,(H,35,39)(H,36,40)/t21-,25-,26-,27-,28+/m0/s1. The van der Waals surface area contributed by atoms with E-state index in [0.717, 1.165) is 43.0 Å². The molecule has 3 amide bonds. The summed E-state index contributed by atoms with van der Waals surface area (Å²) in [4.78, 5) is 59.4. The third-order valence-electron chi connectivity index (χ3n) is 9.85. The highest BCUT2D eigenvalue weighted by Crippen LogP contribution is 2.65. The number of hydrogen-bond acceptors (Lipinski definition) is 4. The molecule has 1 aliphatic heterocycles. The van der Waals surface area contributed by atoms with Gasteiger partial charge >= 0.3 is 0 Å². The van der Waals surface area contributed by atoms with Crippen LogP contribution in [0.1, 0.15) is 77.2 Å². The summed E-state index contributed by atoms with van der Waals surface area (Å²) < 4.78 is 0. The van der Waals surface area contributed by atoms with Crippen molar-refractivity contribution >= 4 is 34.4 Å². The molecule has 3 aliphatic rings. The average molecular weight is 561 g/mol. The van der Waals surface area contributed by atoms with Crippen molar-refractivity contribution in [3.8, 4) is 0 Å². The first-order valence-corrected chi connectivity index (χ1v) is 15.0. The topological polar surface area (TPSA) is 111 Å². The molecule has 2 heterocycles. The molecule has 8 nitrogen and oxygen atoms in total. The molecule has 0 unspecified atom stereocenters. The SMILES string of the molecule is C=CC(=O)[C@@H](NC(=O)[C@@H]1[C@@H]2[C@H](CN1C(=O)[C@@H](NC(=O)c1cc3ccccc3[nH]1)C1CCCCC1)C2(C)C)C(C)(C)C. The van der Waals surface area contributed by atoms with E-state index < -0.39 is 23.5 Å².